The molecule has 3 rings (SSSR count). The molecule has 0 amide bonds. The maximum absolute atomic E-state index is 11.8. The van der Waals surface area contributed by atoms with E-state index in [1.165, 1.54) is 12.4 Å². The zero-order chi connectivity index (χ0) is 13.4. The largest absolute Gasteiger partial charge is 0.371 e. The fraction of sp³-hybridized carbons (Fsp3) is 0.333. The van der Waals surface area contributed by atoms with E-state index in [0.29, 0.717) is 0 Å². The van der Waals surface area contributed by atoms with Crippen LogP contribution in [-0.2, 0) is 0 Å². The van der Waals surface area contributed by atoms with Gasteiger partial charge in [0.25, 0.3) is 11.2 Å². The number of rotatable bonds is 2. The lowest BCUT2D eigenvalue weighted by Crippen LogP contribution is -2.18. The summed E-state index contributed by atoms with van der Waals surface area (Å²) >= 11 is 0. The van der Waals surface area contributed by atoms with Crippen molar-refractivity contribution in [1.82, 2.24) is 9.97 Å². The molecule has 0 saturated carbocycles. The average Bonchev–Trinajstić information content (AvgIpc) is 2.92. The normalized spacial score (nSPS) is 15.1. The number of aromatic amines is 1. The molecule has 0 radical (unpaired) electrons. The van der Waals surface area contributed by atoms with Crippen LogP contribution in [0.15, 0.2) is 23.3 Å². The standard InChI is InChI=1S/C12H12N4O3/c17-12-9-5-8(15-3-1-2-4-15)6-10(16(18)19)11(9)13-7-14-12/h5-7H,1-4H2,(H,13,14,17). The molecule has 1 fully saturated rings. The summed E-state index contributed by atoms with van der Waals surface area (Å²) in [5.41, 5.74) is 0.381. The Hall–Kier alpha value is -2.44. The van der Waals surface area contributed by atoms with E-state index in [1.807, 2.05) is 0 Å². The van der Waals surface area contributed by atoms with Crippen molar-refractivity contribution >= 4 is 22.3 Å². The van der Waals surface area contributed by atoms with Gasteiger partial charge in [0, 0.05) is 24.8 Å². The Morgan fingerprint density at radius 2 is 2.05 bits per heavy atom. The third-order valence-corrected chi connectivity index (χ3v) is 3.38. The number of nitrogens with one attached hydrogen (secondary N) is 1. The number of nitro groups is 1. The summed E-state index contributed by atoms with van der Waals surface area (Å²) in [5.74, 6) is 0. The molecule has 7 heteroatoms. The maximum atomic E-state index is 11.8. The van der Waals surface area contributed by atoms with E-state index in [4.69, 9.17) is 0 Å². The third kappa shape index (κ3) is 1.92. The Morgan fingerprint density at radius 1 is 1.32 bits per heavy atom. The number of H-pyrrole nitrogens is 1. The van der Waals surface area contributed by atoms with Gasteiger partial charge in [0.05, 0.1) is 16.6 Å². The number of non-ortho nitro benzene ring substituents is 1. The molecule has 1 aliphatic heterocycles. The van der Waals surface area contributed by atoms with E-state index in [2.05, 4.69) is 14.9 Å². The number of hydrogen-bond acceptors (Lipinski definition) is 5. The summed E-state index contributed by atoms with van der Waals surface area (Å²) in [6, 6.07) is 3.18. The quantitative estimate of drug-likeness (QED) is 0.651. The first-order valence-electron chi connectivity index (χ1n) is 6.07. The van der Waals surface area contributed by atoms with Gasteiger partial charge >= 0.3 is 0 Å². The van der Waals surface area contributed by atoms with E-state index in [1.54, 1.807) is 6.07 Å². The van der Waals surface area contributed by atoms with E-state index in [-0.39, 0.29) is 22.1 Å². The van der Waals surface area contributed by atoms with Gasteiger partial charge in [0.2, 0.25) is 0 Å². The molecule has 1 N–H and O–H groups in total. The highest BCUT2D eigenvalue weighted by atomic mass is 16.6. The summed E-state index contributed by atoms with van der Waals surface area (Å²) in [7, 11) is 0. The first-order valence-corrected chi connectivity index (χ1v) is 6.07. The molecule has 1 aromatic carbocycles. The first kappa shape index (κ1) is 11.6. The second-order valence-corrected chi connectivity index (χ2v) is 4.54. The molecule has 0 bridgehead atoms. The van der Waals surface area contributed by atoms with Crippen molar-refractivity contribution < 1.29 is 4.92 Å². The van der Waals surface area contributed by atoms with Gasteiger partial charge < -0.3 is 9.88 Å². The van der Waals surface area contributed by atoms with Crippen molar-refractivity contribution in [3.8, 4) is 0 Å². The number of hydrogen-bond donors (Lipinski definition) is 1. The molecule has 2 aromatic rings. The molecule has 1 aromatic heterocycles. The monoisotopic (exact) mass is 260 g/mol. The smallest absolute Gasteiger partial charge is 0.297 e. The SMILES string of the molecule is O=c1[nH]cnc2c([N+](=O)[O-])cc(N3CCCC3)cc12. The van der Waals surface area contributed by atoms with Crippen LogP contribution >= 0.6 is 0 Å². The van der Waals surface area contributed by atoms with Gasteiger partial charge in [0.15, 0.2) is 5.52 Å². The Morgan fingerprint density at radius 3 is 2.74 bits per heavy atom. The van der Waals surface area contributed by atoms with Crippen LogP contribution in [0.25, 0.3) is 10.9 Å². The zero-order valence-corrected chi connectivity index (χ0v) is 10.1. The summed E-state index contributed by atoms with van der Waals surface area (Å²) in [6.07, 6.45) is 3.32. The molecule has 2 heterocycles. The predicted molar refractivity (Wildman–Crippen MR) is 70.5 cm³/mol. The Bertz CT molecular complexity index is 704. The van der Waals surface area contributed by atoms with Crippen LogP contribution in [0.3, 0.4) is 0 Å². The lowest BCUT2D eigenvalue weighted by atomic mass is 10.2. The molecular formula is C12H12N4O3. The van der Waals surface area contributed by atoms with Crippen molar-refractivity contribution in [3.63, 3.8) is 0 Å². The van der Waals surface area contributed by atoms with Crippen LogP contribution in [0.1, 0.15) is 12.8 Å². The third-order valence-electron chi connectivity index (χ3n) is 3.38. The minimum absolute atomic E-state index is 0.120. The lowest BCUT2D eigenvalue weighted by molar-refractivity contribution is -0.383. The van der Waals surface area contributed by atoms with E-state index < -0.39 is 4.92 Å². The highest BCUT2D eigenvalue weighted by Crippen LogP contribution is 2.30. The molecule has 0 aliphatic carbocycles. The average molecular weight is 260 g/mol. The molecule has 0 unspecified atom stereocenters. The molecule has 1 aliphatic rings. The fourth-order valence-corrected chi connectivity index (χ4v) is 2.44. The number of benzene rings is 1. The van der Waals surface area contributed by atoms with Gasteiger partial charge in [0.1, 0.15) is 0 Å². The van der Waals surface area contributed by atoms with Crippen molar-refractivity contribution in [1.29, 1.82) is 0 Å². The van der Waals surface area contributed by atoms with Crippen LogP contribution in [0.2, 0.25) is 0 Å². The van der Waals surface area contributed by atoms with E-state index in [0.717, 1.165) is 31.6 Å². The Balaban J connectivity index is 2.28. The molecule has 19 heavy (non-hydrogen) atoms. The van der Waals surface area contributed by atoms with Crippen LogP contribution < -0.4 is 10.5 Å². The topological polar surface area (TPSA) is 92.1 Å². The van der Waals surface area contributed by atoms with Gasteiger partial charge in [-0.05, 0) is 18.9 Å². The molecular weight excluding hydrogens is 248 g/mol. The van der Waals surface area contributed by atoms with Crippen molar-refractivity contribution in [2.75, 3.05) is 18.0 Å². The minimum atomic E-state index is -0.492. The Kier molecular flexibility index (Phi) is 2.66. The molecule has 98 valence electrons. The Labute approximate surface area is 108 Å². The van der Waals surface area contributed by atoms with Crippen LogP contribution in [0, 0.1) is 10.1 Å². The van der Waals surface area contributed by atoms with Gasteiger partial charge in [-0.1, -0.05) is 0 Å². The number of nitro benzene ring substituents is 1. The minimum Gasteiger partial charge on any atom is -0.371 e. The van der Waals surface area contributed by atoms with E-state index >= 15 is 0 Å². The van der Waals surface area contributed by atoms with Gasteiger partial charge in [-0.3, -0.25) is 14.9 Å². The maximum Gasteiger partial charge on any atom is 0.297 e. The summed E-state index contributed by atoms with van der Waals surface area (Å²) < 4.78 is 0. The number of fused-ring (bicyclic) bond motifs is 1. The molecule has 0 spiro atoms. The summed E-state index contributed by atoms with van der Waals surface area (Å²) in [6.45, 7) is 1.72. The second kappa shape index (κ2) is 4.34. The molecule has 7 nitrogen and oxygen atoms in total. The fourth-order valence-electron chi connectivity index (χ4n) is 2.44. The lowest BCUT2D eigenvalue weighted by Gasteiger charge is -2.17. The summed E-state index contributed by atoms with van der Waals surface area (Å²) in [5, 5.41) is 11.4. The van der Waals surface area contributed by atoms with Crippen LogP contribution in [0.4, 0.5) is 11.4 Å². The van der Waals surface area contributed by atoms with Gasteiger partial charge in [-0.2, -0.15) is 0 Å². The van der Waals surface area contributed by atoms with Crippen LogP contribution in [-0.4, -0.2) is 28.0 Å². The number of nitrogens with zero attached hydrogens (tertiary/aromatic N) is 3. The second-order valence-electron chi connectivity index (χ2n) is 4.54. The number of anilines is 1. The van der Waals surface area contributed by atoms with Crippen LogP contribution in [0.5, 0.6) is 0 Å². The highest BCUT2D eigenvalue weighted by Gasteiger charge is 2.21. The summed E-state index contributed by atoms with van der Waals surface area (Å²) in [4.78, 5) is 30.8. The van der Waals surface area contributed by atoms with Crippen molar-refractivity contribution in [2.24, 2.45) is 0 Å². The molecule has 0 atom stereocenters. The van der Waals surface area contributed by atoms with Crippen molar-refractivity contribution in [3.05, 3.63) is 38.9 Å². The highest BCUT2D eigenvalue weighted by molar-refractivity contribution is 5.90. The van der Waals surface area contributed by atoms with Gasteiger partial charge in [-0.25, -0.2) is 4.98 Å². The number of aromatic nitrogens is 2. The van der Waals surface area contributed by atoms with E-state index in [9.17, 15) is 14.9 Å². The zero-order valence-electron chi connectivity index (χ0n) is 10.1. The predicted octanol–water partition coefficient (Wildman–Crippen LogP) is 1.43. The first-order chi connectivity index (χ1) is 9.16. The van der Waals surface area contributed by atoms with Gasteiger partial charge in [-0.15, -0.1) is 0 Å². The molecule has 1 saturated heterocycles. The van der Waals surface area contributed by atoms with Crippen molar-refractivity contribution in [2.45, 2.75) is 12.8 Å².